The van der Waals surface area contributed by atoms with Crippen LogP contribution >= 0.6 is 11.6 Å². The van der Waals surface area contributed by atoms with Crippen molar-refractivity contribution in [2.24, 2.45) is 17.3 Å². The first-order valence-electron chi connectivity index (χ1n) is 9.42. The number of hydrogen-bond acceptors (Lipinski definition) is 4. The molecule has 2 rings (SSSR count). The number of aryl methyl sites for hydroxylation is 1. The Hall–Kier alpha value is -1.75. The first-order valence-corrected chi connectivity index (χ1v) is 9.80. The highest BCUT2D eigenvalue weighted by atomic mass is 35.5. The van der Waals surface area contributed by atoms with Crippen molar-refractivity contribution in [2.45, 2.75) is 53.4 Å². The van der Waals surface area contributed by atoms with Crippen molar-refractivity contribution in [2.75, 3.05) is 19.0 Å². The SMILES string of the molecule is COc1cc(Cl)c(C)cc1NC(=O)COC(=O)C1CCC(C(C)(C)C)CC1. The first-order chi connectivity index (χ1) is 12.6. The quantitative estimate of drug-likeness (QED) is 0.713. The van der Waals surface area contributed by atoms with E-state index in [2.05, 4.69) is 26.1 Å². The Bertz CT molecular complexity index is 688. The van der Waals surface area contributed by atoms with Crippen molar-refractivity contribution in [3.63, 3.8) is 0 Å². The third-order valence-electron chi connectivity index (χ3n) is 5.39. The van der Waals surface area contributed by atoms with Crippen molar-refractivity contribution in [3.8, 4) is 5.75 Å². The van der Waals surface area contributed by atoms with E-state index in [-0.39, 0.29) is 23.9 Å². The molecule has 5 nitrogen and oxygen atoms in total. The zero-order valence-electron chi connectivity index (χ0n) is 16.9. The molecule has 1 aliphatic carbocycles. The van der Waals surface area contributed by atoms with Crippen LogP contribution in [0.15, 0.2) is 12.1 Å². The Labute approximate surface area is 166 Å². The van der Waals surface area contributed by atoms with E-state index < -0.39 is 5.91 Å². The maximum absolute atomic E-state index is 12.3. The third kappa shape index (κ3) is 5.86. The van der Waals surface area contributed by atoms with E-state index in [1.165, 1.54) is 7.11 Å². The van der Waals surface area contributed by atoms with Gasteiger partial charge in [-0.05, 0) is 55.6 Å². The maximum atomic E-state index is 12.3. The molecule has 0 bridgehead atoms. The van der Waals surface area contributed by atoms with Gasteiger partial charge in [-0.1, -0.05) is 32.4 Å². The molecule has 1 fully saturated rings. The zero-order chi connectivity index (χ0) is 20.2. The average Bonchev–Trinajstić information content (AvgIpc) is 2.62. The summed E-state index contributed by atoms with van der Waals surface area (Å²) in [4.78, 5) is 24.5. The minimum absolute atomic E-state index is 0.108. The number of carbonyl (C=O) groups is 2. The maximum Gasteiger partial charge on any atom is 0.309 e. The monoisotopic (exact) mass is 395 g/mol. The predicted octanol–water partition coefficient (Wildman–Crippen LogP) is 4.99. The van der Waals surface area contributed by atoms with Crippen LogP contribution in [0.25, 0.3) is 0 Å². The summed E-state index contributed by atoms with van der Waals surface area (Å²) in [5.41, 5.74) is 1.59. The van der Waals surface area contributed by atoms with Gasteiger partial charge < -0.3 is 14.8 Å². The Morgan fingerprint density at radius 2 is 1.81 bits per heavy atom. The number of anilines is 1. The number of halogens is 1. The molecule has 1 aromatic carbocycles. The van der Waals surface area contributed by atoms with Crippen LogP contribution in [-0.2, 0) is 14.3 Å². The fourth-order valence-electron chi connectivity index (χ4n) is 3.57. The van der Waals surface area contributed by atoms with Crippen LogP contribution in [0.4, 0.5) is 5.69 Å². The second kappa shape index (κ2) is 8.96. The Morgan fingerprint density at radius 1 is 1.19 bits per heavy atom. The van der Waals surface area contributed by atoms with E-state index in [0.717, 1.165) is 31.2 Å². The van der Waals surface area contributed by atoms with E-state index in [4.69, 9.17) is 21.1 Å². The number of nitrogens with one attached hydrogen (secondary N) is 1. The minimum Gasteiger partial charge on any atom is -0.495 e. The minimum atomic E-state index is -0.397. The number of amides is 1. The van der Waals surface area contributed by atoms with Crippen LogP contribution in [0.5, 0.6) is 5.75 Å². The van der Waals surface area contributed by atoms with Crippen molar-refractivity contribution >= 4 is 29.2 Å². The van der Waals surface area contributed by atoms with Crippen molar-refractivity contribution in [1.29, 1.82) is 0 Å². The largest absolute Gasteiger partial charge is 0.495 e. The molecule has 0 radical (unpaired) electrons. The van der Waals surface area contributed by atoms with Crippen molar-refractivity contribution in [3.05, 3.63) is 22.7 Å². The molecule has 6 heteroatoms. The summed E-state index contributed by atoms with van der Waals surface area (Å²) in [5.74, 6) is 0.309. The molecule has 1 saturated carbocycles. The second-order valence-electron chi connectivity index (χ2n) is 8.37. The summed E-state index contributed by atoms with van der Waals surface area (Å²) in [6.07, 6.45) is 3.70. The average molecular weight is 396 g/mol. The summed E-state index contributed by atoms with van der Waals surface area (Å²) in [6.45, 7) is 8.27. The molecule has 1 amide bonds. The highest BCUT2D eigenvalue weighted by molar-refractivity contribution is 6.31. The van der Waals surface area contributed by atoms with Crippen LogP contribution in [0.1, 0.15) is 52.0 Å². The molecule has 0 spiro atoms. The Morgan fingerprint density at radius 3 is 2.37 bits per heavy atom. The molecule has 0 aliphatic heterocycles. The number of methoxy groups -OCH3 is 1. The van der Waals surface area contributed by atoms with Crippen LogP contribution in [0, 0.1) is 24.2 Å². The third-order valence-corrected chi connectivity index (χ3v) is 5.79. The lowest BCUT2D eigenvalue weighted by atomic mass is 9.70. The molecule has 0 heterocycles. The normalized spacial score (nSPS) is 20.1. The van der Waals surface area contributed by atoms with E-state index in [1.54, 1.807) is 12.1 Å². The zero-order valence-corrected chi connectivity index (χ0v) is 17.6. The van der Waals surface area contributed by atoms with Gasteiger partial charge in [0.25, 0.3) is 5.91 Å². The highest BCUT2D eigenvalue weighted by Crippen LogP contribution is 2.40. The molecule has 0 unspecified atom stereocenters. The molecule has 0 saturated heterocycles. The summed E-state index contributed by atoms with van der Waals surface area (Å²) in [5, 5.41) is 3.27. The van der Waals surface area contributed by atoms with Gasteiger partial charge in [-0.15, -0.1) is 0 Å². The number of ether oxygens (including phenoxy) is 2. The van der Waals surface area contributed by atoms with E-state index >= 15 is 0 Å². The van der Waals surface area contributed by atoms with E-state index in [1.807, 2.05) is 6.92 Å². The number of rotatable bonds is 5. The van der Waals surface area contributed by atoms with Gasteiger partial charge in [0.15, 0.2) is 6.61 Å². The van der Waals surface area contributed by atoms with Crippen LogP contribution in [0.3, 0.4) is 0 Å². The standard InChI is InChI=1S/C21H30ClNO4/c1-13-10-17(18(26-5)11-16(13)22)23-19(24)12-27-20(25)14-6-8-15(9-7-14)21(2,3)4/h10-11,14-15H,6-9,12H2,1-5H3,(H,23,24). The highest BCUT2D eigenvalue weighted by Gasteiger charge is 2.33. The molecular weight excluding hydrogens is 366 g/mol. The van der Waals surface area contributed by atoms with Gasteiger partial charge in [0, 0.05) is 11.1 Å². The number of esters is 1. The fraction of sp³-hybridized carbons (Fsp3) is 0.619. The van der Waals surface area contributed by atoms with Crippen molar-refractivity contribution < 1.29 is 19.1 Å². The lowest BCUT2D eigenvalue weighted by molar-refractivity contribution is -0.153. The lowest BCUT2D eigenvalue weighted by Crippen LogP contribution is -2.31. The fourth-order valence-corrected chi connectivity index (χ4v) is 3.72. The molecule has 0 aromatic heterocycles. The van der Waals surface area contributed by atoms with E-state index in [0.29, 0.717) is 22.4 Å². The molecule has 150 valence electrons. The van der Waals surface area contributed by atoms with Gasteiger partial charge in [0.2, 0.25) is 0 Å². The predicted molar refractivity (Wildman–Crippen MR) is 107 cm³/mol. The van der Waals surface area contributed by atoms with Gasteiger partial charge >= 0.3 is 5.97 Å². The van der Waals surface area contributed by atoms with E-state index in [9.17, 15) is 9.59 Å². The summed E-state index contributed by atoms with van der Waals surface area (Å²) in [7, 11) is 1.50. The van der Waals surface area contributed by atoms with Gasteiger partial charge in [-0.2, -0.15) is 0 Å². The van der Waals surface area contributed by atoms with Gasteiger partial charge in [0.05, 0.1) is 18.7 Å². The molecule has 27 heavy (non-hydrogen) atoms. The van der Waals surface area contributed by atoms with Crippen LogP contribution in [0.2, 0.25) is 5.02 Å². The molecule has 0 atom stereocenters. The Balaban J connectivity index is 1.84. The van der Waals surface area contributed by atoms with Gasteiger partial charge in [-0.25, -0.2) is 0 Å². The second-order valence-corrected chi connectivity index (χ2v) is 8.78. The number of carbonyl (C=O) groups excluding carboxylic acids is 2. The smallest absolute Gasteiger partial charge is 0.309 e. The molecular formula is C21H30ClNO4. The van der Waals surface area contributed by atoms with Gasteiger partial charge in [0.1, 0.15) is 5.75 Å². The number of benzene rings is 1. The molecule has 1 aliphatic rings. The summed E-state index contributed by atoms with van der Waals surface area (Å²) >= 11 is 6.07. The summed E-state index contributed by atoms with van der Waals surface area (Å²) < 4.78 is 10.5. The summed E-state index contributed by atoms with van der Waals surface area (Å²) in [6, 6.07) is 3.38. The molecule has 1 aromatic rings. The van der Waals surface area contributed by atoms with Gasteiger partial charge in [-0.3, -0.25) is 9.59 Å². The topological polar surface area (TPSA) is 64.6 Å². The van der Waals surface area contributed by atoms with Crippen LogP contribution < -0.4 is 10.1 Å². The van der Waals surface area contributed by atoms with Crippen molar-refractivity contribution in [1.82, 2.24) is 0 Å². The first kappa shape index (κ1) is 21.5. The van der Waals surface area contributed by atoms with Crippen LogP contribution in [-0.4, -0.2) is 25.6 Å². The Kier molecular flexibility index (Phi) is 7.15. The number of hydrogen-bond donors (Lipinski definition) is 1. The molecule has 1 N–H and O–H groups in total. The lowest BCUT2D eigenvalue weighted by Gasteiger charge is -2.36.